The van der Waals surface area contributed by atoms with Crippen LogP contribution in [-0.4, -0.2) is 11.7 Å². The lowest BCUT2D eigenvalue weighted by molar-refractivity contribution is -0.0981. The first-order chi connectivity index (χ1) is 14.1. The number of rotatable bonds is 6. The summed E-state index contributed by atoms with van der Waals surface area (Å²) in [5.74, 6) is 8.63. The van der Waals surface area contributed by atoms with Gasteiger partial charge in [0.05, 0.1) is 0 Å². The van der Waals surface area contributed by atoms with E-state index >= 15 is 0 Å². The Labute approximate surface area is 188 Å². The van der Waals surface area contributed by atoms with E-state index in [4.69, 9.17) is 0 Å². The van der Waals surface area contributed by atoms with Crippen LogP contribution in [0.5, 0.6) is 0 Å². The third-order valence-corrected chi connectivity index (χ3v) is 12.3. The first-order valence-corrected chi connectivity index (χ1v) is 13.7. The van der Waals surface area contributed by atoms with E-state index in [2.05, 4.69) is 48.5 Å². The molecule has 0 spiro atoms. The van der Waals surface area contributed by atoms with Crippen LogP contribution < -0.4 is 0 Å². The van der Waals surface area contributed by atoms with Crippen LogP contribution in [0.15, 0.2) is 0 Å². The molecule has 4 rings (SSSR count). The molecule has 4 aliphatic rings. The summed E-state index contributed by atoms with van der Waals surface area (Å²) in [6.45, 7) is 18.2. The van der Waals surface area contributed by atoms with Crippen molar-refractivity contribution in [2.75, 3.05) is 6.61 Å². The van der Waals surface area contributed by atoms with Gasteiger partial charge in [0, 0.05) is 6.61 Å². The molecule has 4 fully saturated rings. The number of hydrogen-bond acceptors (Lipinski definition) is 1. The van der Waals surface area contributed by atoms with Crippen LogP contribution in [-0.2, 0) is 0 Å². The molecule has 1 N–H and O–H groups in total. The zero-order chi connectivity index (χ0) is 21.8. The van der Waals surface area contributed by atoms with Gasteiger partial charge in [-0.05, 0) is 128 Å². The van der Waals surface area contributed by atoms with E-state index in [0.717, 1.165) is 53.3 Å². The van der Waals surface area contributed by atoms with Crippen LogP contribution in [0.1, 0.15) is 106 Å². The highest BCUT2D eigenvalue weighted by Gasteiger charge is 2.61. The second kappa shape index (κ2) is 8.39. The molecule has 0 aromatic heterocycles. The van der Waals surface area contributed by atoms with Crippen LogP contribution in [0.4, 0.5) is 0 Å². The zero-order valence-corrected chi connectivity index (χ0v) is 21.3. The Kier molecular flexibility index (Phi) is 6.47. The van der Waals surface area contributed by atoms with Gasteiger partial charge in [0.15, 0.2) is 0 Å². The SMILES string of the molecule is CC(C)[C@@H](C)C(C)C[C@@H](C)[C@H]1CC[C@H]2[C@@H]3CC[C@H]4[C@@H](CO)CC[C@]4(C)[C@H]3CC[C@]12C. The van der Waals surface area contributed by atoms with E-state index in [1.165, 1.54) is 57.8 Å². The first-order valence-electron chi connectivity index (χ1n) is 13.7. The third kappa shape index (κ3) is 3.52. The summed E-state index contributed by atoms with van der Waals surface area (Å²) in [5, 5.41) is 9.95. The average molecular weight is 417 g/mol. The Morgan fingerprint density at radius 2 is 1.40 bits per heavy atom. The minimum atomic E-state index is 0.436. The van der Waals surface area contributed by atoms with Crippen LogP contribution >= 0.6 is 0 Å². The topological polar surface area (TPSA) is 20.2 Å². The molecule has 4 saturated carbocycles. The Bertz CT molecular complexity index is 597. The minimum absolute atomic E-state index is 0.436. The maximum Gasteiger partial charge on any atom is 0.0462 e. The molecule has 1 nitrogen and oxygen atoms in total. The van der Waals surface area contributed by atoms with Crippen molar-refractivity contribution in [2.24, 2.45) is 70.0 Å². The molecule has 174 valence electrons. The number of aliphatic hydroxyl groups excluding tert-OH is 1. The van der Waals surface area contributed by atoms with Gasteiger partial charge in [-0.25, -0.2) is 0 Å². The van der Waals surface area contributed by atoms with Crippen LogP contribution in [0, 0.1) is 70.0 Å². The quantitative estimate of drug-likeness (QED) is 0.468. The van der Waals surface area contributed by atoms with Crippen molar-refractivity contribution in [3.63, 3.8) is 0 Å². The molecule has 30 heavy (non-hydrogen) atoms. The molecule has 0 bridgehead atoms. The second-order valence-corrected chi connectivity index (χ2v) is 13.6. The van der Waals surface area contributed by atoms with E-state index < -0.39 is 0 Å². The lowest BCUT2D eigenvalue weighted by atomic mass is 9.46. The van der Waals surface area contributed by atoms with Gasteiger partial charge in [-0.15, -0.1) is 0 Å². The summed E-state index contributed by atoms with van der Waals surface area (Å²) in [7, 11) is 0. The van der Waals surface area contributed by atoms with Gasteiger partial charge in [-0.1, -0.05) is 48.5 Å². The summed E-state index contributed by atoms with van der Waals surface area (Å²) < 4.78 is 0. The lowest BCUT2D eigenvalue weighted by Crippen LogP contribution is -2.51. The van der Waals surface area contributed by atoms with Crippen LogP contribution in [0.25, 0.3) is 0 Å². The lowest BCUT2D eigenvalue weighted by Gasteiger charge is -2.58. The van der Waals surface area contributed by atoms with Gasteiger partial charge in [-0.3, -0.25) is 0 Å². The first kappa shape index (κ1) is 23.1. The average Bonchev–Trinajstić information content (AvgIpc) is 3.23. The maximum absolute atomic E-state index is 9.95. The minimum Gasteiger partial charge on any atom is -0.396 e. The van der Waals surface area contributed by atoms with Crippen molar-refractivity contribution in [1.82, 2.24) is 0 Å². The molecule has 1 heteroatoms. The normalized spacial score (nSPS) is 48.7. The smallest absolute Gasteiger partial charge is 0.0462 e. The van der Waals surface area contributed by atoms with Gasteiger partial charge < -0.3 is 5.11 Å². The predicted octanol–water partition coefficient (Wildman–Crippen LogP) is 7.82. The summed E-state index contributed by atoms with van der Waals surface area (Å²) in [6.07, 6.45) is 12.9. The molecule has 0 saturated heterocycles. The molecule has 11 atom stereocenters. The van der Waals surface area contributed by atoms with Gasteiger partial charge in [-0.2, -0.15) is 0 Å². The number of fused-ring (bicyclic) bond motifs is 5. The van der Waals surface area contributed by atoms with Crippen molar-refractivity contribution < 1.29 is 5.11 Å². The number of hydrogen-bond donors (Lipinski definition) is 1. The maximum atomic E-state index is 9.95. The molecule has 0 aromatic carbocycles. The monoisotopic (exact) mass is 416 g/mol. The summed E-state index contributed by atoms with van der Waals surface area (Å²) >= 11 is 0. The van der Waals surface area contributed by atoms with E-state index in [0.29, 0.717) is 23.4 Å². The molecule has 0 aromatic rings. The molecule has 0 radical (unpaired) electrons. The highest BCUT2D eigenvalue weighted by molar-refractivity contribution is 5.11. The van der Waals surface area contributed by atoms with Crippen molar-refractivity contribution in [3.05, 3.63) is 0 Å². The van der Waals surface area contributed by atoms with Gasteiger partial charge in [0.2, 0.25) is 0 Å². The molecule has 4 aliphatic carbocycles. The molecule has 0 amide bonds. The highest BCUT2D eigenvalue weighted by Crippen LogP contribution is 2.69. The zero-order valence-electron chi connectivity index (χ0n) is 21.3. The summed E-state index contributed by atoms with van der Waals surface area (Å²) in [6, 6.07) is 0. The van der Waals surface area contributed by atoms with E-state index in [9.17, 15) is 5.11 Å². The fraction of sp³-hybridized carbons (Fsp3) is 1.00. The molecule has 0 heterocycles. The van der Waals surface area contributed by atoms with E-state index in [1.807, 2.05) is 0 Å². The third-order valence-electron chi connectivity index (χ3n) is 12.3. The fourth-order valence-electron chi connectivity index (χ4n) is 10.1. The van der Waals surface area contributed by atoms with Gasteiger partial charge in [0.1, 0.15) is 0 Å². The Hall–Kier alpha value is -0.0400. The van der Waals surface area contributed by atoms with Gasteiger partial charge in [0.25, 0.3) is 0 Å². The van der Waals surface area contributed by atoms with Crippen molar-refractivity contribution >= 4 is 0 Å². The largest absolute Gasteiger partial charge is 0.396 e. The van der Waals surface area contributed by atoms with Crippen molar-refractivity contribution in [3.8, 4) is 0 Å². The standard InChI is InChI=1S/C29H52O/c1-18(2)21(5)19(3)16-20(4)24-10-11-26-23-8-9-25-22(17-30)12-14-29(25,7)27(23)13-15-28(24,26)6/h18-27,30H,8-17H2,1-7H3/t19?,20-,21-,22-,23+,24-,25+,26+,27+,28-,29+/m1/s1. The van der Waals surface area contributed by atoms with Crippen LogP contribution in [0.3, 0.4) is 0 Å². The summed E-state index contributed by atoms with van der Waals surface area (Å²) in [5.41, 5.74) is 1.13. The number of aliphatic hydroxyl groups is 1. The fourth-order valence-corrected chi connectivity index (χ4v) is 10.1. The predicted molar refractivity (Wildman–Crippen MR) is 128 cm³/mol. The Morgan fingerprint density at radius 1 is 0.767 bits per heavy atom. The molecule has 1 unspecified atom stereocenters. The van der Waals surface area contributed by atoms with Gasteiger partial charge >= 0.3 is 0 Å². The molecule has 0 aliphatic heterocycles. The second-order valence-electron chi connectivity index (χ2n) is 13.6. The van der Waals surface area contributed by atoms with E-state index in [1.54, 1.807) is 0 Å². The van der Waals surface area contributed by atoms with Crippen molar-refractivity contribution in [1.29, 1.82) is 0 Å². The van der Waals surface area contributed by atoms with Crippen LogP contribution in [0.2, 0.25) is 0 Å². The molecular weight excluding hydrogens is 364 g/mol. The highest BCUT2D eigenvalue weighted by atomic mass is 16.3. The Morgan fingerprint density at radius 3 is 2.07 bits per heavy atom. The summed E-state index contributed by atoms with van der Waals surface area (Å²) in [4.78, 5) is 0. The van der Waals surface area contributed by atoms with E-state index in [-0.39, 0.29) is 0 Å². The molecular formula is C29H52O. The Balaban J connectivity index is 1.48. The van der Waals surface area contributed by atoms with Crippen molar-refractivity contribution in [2.45, 2.75) is 106 Å².